The number of esters is 1. The molecule has 0 atom stereocenters. The number of carbonyl (C=O) groups is 1. The lowest BCUT2D eigenvalue weighted by Crippen LogP contribution is -2.21. The summed E-state index contributed by atoms with van der Waals surface area (Å²) in [6, 6.07) is 5.20. The van der Waals surface area contributed by atoms with E-state index in [4.69, 9.17) is 9.26 Å². The Bertz CT molecular complexity index is 972. The lowest BCUT2D eigenvalue weighted by molar-refractivity contribution is 0.0524. The first-order valence-corrected chi connectivity index (χ1v) is 7.59. The Balaban J connectivity index is 2.21. The van der Waals surface area contributed by atoms with Gasteiger partial charge in [0.25, 0.3) is 0 Å². The highest BCUT2D eigenvalue weighted by molar-refractivity contribution is 5.93. The fraction of sp³-hybridized carbons (Fsp3) is 0.294. The minimum atomic E-state index is -0.646. The minimum Gasteiger partial charge on any atom is -0.462 e. The van der Waals surface area contributed by atoms with Gasteiger partial charge in [-0.05, 0) is 32.9 Å². The summed E-state index contributed by atoms with van der Waals surface area (Å²) in [7, 11) is 0. The van der Waals surface area contributed by atoms with E-state index in [2.05, 4.69) is 10.1 Å². The molecule has 0 unspecified atom stereocenters. The van der Waals surface area contributed by atoms with Crippen LogP contribution in [0.4, 0.5) is 0 Å². The molecule has 3 heterocycles. The predicted molar refractivity (Wildman–Crippen MR) is 87.0 cm³/mol. The van der Waals surface area contributed by atoms with Crippen LogP contribution in [-0.2, 0) is 11.3 Å². The van der Waals surface area contributed by atoms with Crippen molar-refractivity contribution in [1.82, 2.24) is 14.7 Å². The molecule has 0 aromatic carbocycles. The molecule has 0 N–H and O–H groups in total. The summed E-state index contributed by atoms with van der Waals surface area (Å²) in [4.78, 5) is 29.1. The molecule has 0 fully saturated rings. The number of pyridine rings is 2. The van der Waals surface area contributed by atoms with Gasteiger partial charge < -0.3 is 13.8 Å². The zero-order valence-corrected chi connectivity index (χ0v) is 13.7. The van der Waals surface area contributed by atoms with Gasteiger partial charge in [0.15, 0.2) is 5.76 Å². The van der Waals surface area contributed by atoms with Crippen LogP contribution in [0.25, 0.3) is 11.0 Å². The molecule has 3 rings (SSSR count). The molecule has 0 aliphatic carbocycles. The maximum absolute atomic E-state index is 12.6. The minimum absolute atomic E-state index is 0.0220. The van der Waals surface area contributed by atoms with Crippen molar-refractivity contribution >= 4 is 17.0 Å². The lowest BCUT2D eigenvalue weighted by atomic mass is 10.1. The summed E-state index contributed by atoms with van der Waals surface area (Å²) in [5, 5.41) is 4.22. The van der Waals surface area contributed by atoms with Gasteiger partial charge >= 0.3 is 5.97 Å². The molecule has 0 bridgehead atoms. The lowest BCUT2D eigenvalue weighted by Gasteiger charge is -2.11. The maximum atomic E-state index is 12.6. The normalized spacial score (nSPS) is 11.0. The molecule has 7 heteroatoms. The molecule has 0 amide bonds. The second-order valence-electron chi connectivity index (χ2n) is 5.48. The number of hydrogen-bond donors (Lipinski definition) is 0. The maximum Gasteiger partial charge on any atom is 0.343 e. The van der Waals surface area contributed by atoms with Gasteiger partial charge in [0, 0.05) is 18.0 Å². The summed E-state index contributed by atoms with van der Waals surface area (Å²) in [5.41, 5.74) is 1.60. The van der Waals surface area contributed by atoms with Crippen LogP contribution in [0, 0.1) is 13.8 Å². The number of carbonyl (C=O) groups excluding carboxylic acids is 1. The van der Waals surface area contributed by atoms with Crippen molar-refractivity contribution in [2.75, 3.05) is 6.61 Å². The molecule has 24 heavy (non-hydrogen) atoms. The topological polar surface area (TPSA) is 87.2 Å². The van der Waals surface area contributed by atoms with E-state index in [0.29, 0.717) is 23.3 Å². The summed E-state index contributed by atoms with van der Waals surface area (Å²) >= 11 is 0. The first kappa shape index (κ1) is 15.9. The average molecular weight is 327 g/mol. The number of hydrogen-bond acceptors (Lipinski definition) is 6. The smallest absolute Gasteiger partial charge is 0.343 e. The highest BCUT2D eigenvalue weighted by atomic mass is 16.5. The predicted octanol–water partition coefficient (Wildman–Crippen LogP) is 2.23. The van der Waals surface area contributed by atoms with Crippen LogP contribution < -0.4 is 5.43 Å². The summed E-state index contributed by atoms with van der Waals surface area (Å²) in [6.45, 7) is 5.86. The molecular weight excluding hydrogens is 310 g/mol. The largest absolute Gasteiger partial charge is 0.462 e. The van der Waals surface area contributed by atoms with Crippen molar-refractivity contribution in [3.63, 3.8) is 0 Å². The van der Waals surface area contributed by atoms with E-state index in [1.807, 2.05) is 13.8 Å². The van der Waals surface area contributed by atoms with E-state index in [1.165, 1.54) is 6.20 Å². The van der Waals surface area contributed by atoms with Gasteiger partial charge in [-0.25, -0.2) is 9.78 Å². The van der Waals surface area contributed by atoms with Gasteiger partial charge in [-0.15, -0.1) is 0 Å². The van der Waals surface area contributed by atoms with Crippen LogP contribution in [0.3, 0.4) is 0 Å². The standard InChI is InChI=1S/C17H17N3O4/c1-4-23-17(22)14-9-20(8-12-7-11(3)19-24-12)16-13(15(14)21)6-5-10(2)18-16/h5-7,9H,4,8H2,1-3H3. The monoisotopic (exact) mass is 327 g/mol. The van der Waals surface area contributed by atoms with Gasteiger partial charge in [-0.2, -0.15) is 0 Å². The summed E-state index contributed by atoms with van der Waals surface area (Å²) in [5.74, 6) is -0.0389. The highest BCUT2D eigenvalue weighted by Crippen LogP contribution is 2.14. The Morgan fingerprint density at radius 3 is 2.75 bits per heavy atom. The van der Waals surface area contributed by atoms with Crippen molar-refractivity contribution in [2.45, 2.75) is 27.3 Å². The second kappa shape index (κ2) is 6.27. The first-order chi connectivity index (χ1) is 11.5. The molecule has 7 nitrogen and oxygen atoms in total. The fourth-order valence-electron chi connectivity index (χ4n) is 2.49. The number of rotatable bonds is 4. The van der Waals surface area contributed by atoms with Gasteiger partial charge in [0.05, 0.1) is 24.2 Å². The average Bonchev–Trinajstić information content (AvgIpc) is 2.95. The van der Waals surface area contributed by atoms with E-state index in [9.17, 15) is 9.59 Å². The summed E-state index contributed by atoms with van der Waals surface area (Å²) in [6.07, 6.45) is 1.47. The Morgan fingerprint density at radius 1 is 1.29 bits per heavy atom. The zero-order chi connectivity index (χ0) is 17.3. The SMILES string of the molecule is CCOC(=O)c1cn(Cc2cc(C)no2)c2nc(C)ccc2c1=O. The fourth-order valence-corrected chi connectivity index (χ4v) is 2.49. The van der Waals surface area contributed by atoms with Gasteiger partial charge in [-0.1, -0.05) is 5.16 Å². The van der Waals surface area contributed by atoms with Crippen LogP contribution in [0.5, 0.6) is 0 Å². The number of aromatic nitrogens is 3. The molecule has 0 saturated heterocycles. The Morgan fingerprint density at radius 2 is 2.08 bits per heavy atom. The Hall–Kier alpha value is -2.96. The second-order valence-corrected chi connectivity index (χ2v) is 5.48. The van der Waals surface area contributed by atoms with Crippen molar-refractivity contribution in [3.8, 4) is 0 Å². The highest BCUT2D eigenvalue weighted by Gasteiger charge is 2.18. The molecule has 3 aromatic heterocycles. The first-order valence-electron chi connectivity index (χ1n) is 7.59. The van der Waals surface area contributed by atoms with Crippen LogP contribution in [-0.4, -0.2) is 27.3 Å². The van der Waals surface area contributed by atoms with E-state index in [1.54, 1.807) is 29.7 Å². The number of ether oxygens (including phenoxy) is 1. The molecule has 0 saturated carbocycles. The molecule has 0 aliphatic heterocycles. The van der Waals surface area contributed by atoms with Crippen LogP contribution in [0.2, 0.25) is 0 Å². The molecular formula is C17H17N3O4. The Labute approximate surface area is 137 Å². The zero-order valence-electron chi connectivity index (χ0n) is 13.7. The molecule has 3 aromatic rings. The van der Waals surface area contributed by atoms with E-state index in [-0.39, 0.29) is 17.6 Å². The van der Waals surface area contributed by atoms with Crippen molar-refractivity contribution in [1.29, 1.82) is 0 Å². The third kappa shape index (κ3) is 2.92. The van der Waals surface area contributed by atoms with Crippen LogP contribution in [0.15, 0.2) is 33.7 Å². The van der Waals surface area contributed by atoms with Gasteiger partial charge in [0.2, 0.25) is 5.43 Å². The van der Waals surface area contributed by atoms with Gasteiger partial charge in [0.1, 0.15) is 11.2 Å². The summed E-state index contributed by atoms with van der Waals surface area (Å²) < 4.78 is 11.9. The van der Waals surface area contributed by atoms with Crippen LogP contribution >= 0.6 is 0 Å². The van der Waals surface area contributed by atoms with E-state index in [0.717, 1.165) is 11.4 Å². The third-order valence-corrected chi connectivity index (χ3v) is 3.56. The molecule has 0 radical (unpaired) electrons. The van der Waals surface area contributed by atoms with E-state index < -0.39 is 5.97 Å². The molecule has 0 spiro atoms. The van der Waals surface area contributed by atoms with Crippen molar-refractivity contribution < 1.29 is 14.1 Å². The van der Waals surface area contributed by atoms with E-state index >= 15 is 0 Å². The third-order valence-electron chi connectivity index (χ3n) is 3.56. The van der Waals surface area contributed by atoms with Crippen LogP contribution in [0.1, 0.15) is 34.4 Å². The number of nitrogens with zero attached hydrogens (tertiary/aromatic N) is 3. The van der Waals surface area contributed by atoms with Gasteiger partial charge in [-0.3, -0.25) is 4.79 Å². The molecule has 124 valence electrons. The quantitative estimate of drug-likeness (QED) is 0.683. The molecule has 0 aliphatic rings. The van der Waals surface area contributed by atoms with Crippen molar-refractivity contribution in [2.24, 2.45) is 0 Å². The number of aryl methyl sites for hydroxylation is 2. The Kier molecular flexibility index (Phi) is 4.16. The number of fused-ring (bicyclic) bond motifs is 1. The van der Waals surface area contributed by atoms with Crippen molar-refractivity contribution in [3.05, 3.63) is 57.3 Å².